The lowest BCUT2D eigenvalue weighted by Gasteiger charge is -2.23. The number of aryl methyl sites for hydroxylation is 2. The van der Waals surface area contributed by atoms with Crippen molar-refractivity contribution in [2.24, 2.45) is 0 Å². The van der Waals surface area contributed by atoms with Crippen molar-refractivity contribution in [2.45, 2.75) is 20.4 Å². The zero-order valence-corrected chi connectivity index (χ0v) is 21.7. The molecule has 0 saturated carbocycles. The second-order valence-corrected chi connectivity index (χ2v) is 11.4. The molecule has 10 heteroatoms. The van der Waals surface area contributed by atoms with Crippen molar-refractivity contribution >= 4 is 49.7 Å². The molecule has 0 aliphatic rings. The molecular weight excluding hydrogens is 504 g/mol. The number of nitrogens with one attached hydrogen (secondary N) is 1. The zero-order chi connectivity index (χ0) is 25.2. The zero-order valence-electron chi connectivity index (χ0n) is 19.3. The molecule has 0 bridgehead atoms. The van der Waals surface area contributed by atoms with Crippen LogP contribution in [0.25, 0.3) is 10.6 Å². The molecule has 1 heterocycles. The fourth-order valence-corrected chi connectivity index (χ4v) is 5.11. The Morgan fingerprint density at radius 2 is 1.66 bits per heavy atom. The van der Waals surface area contributed by atoms with Gasteiger partial charge in [0, 0.05) is 16.1 Å². The predicted molar refractivity (Wildman–Crippen MR) is 142 cm³/mol. The number of amides is 1. The quantitative estimate of drug-likeness (QED) is 0.334. The van der Waals surface area contributed by atoms with Crippen molar-refractivity contribution in [3.8, 4) is 10.6 Å². The van der Waals surface area contributed by atoms with E-state index in [1.54, 1.807) is 42.5 Å². The third kappa shape index (κ3) is 6.05. The Bertz CT molecular complexity index is 1470. The van der Waals surface area contributed by atoms with Gasteiger partial charge in [-0.2, -0.15) is 0 Å². The average molecular weight is 527 g/mol. The molecule has 3 aromatic carbocycles. The molecule has 0 unspecified atom stereocenters. The molecule has 35 heavy (non-hydrogen) atoms. The van der Waals surface area contributed by atoms with Crippen molar-refractivity contribution in [1.29, 1.82) is 0 Å². The fraction of sp³-hybridized carbons (Fsp3) is 0.160. The van der Waals surface area contributed by atoms with Crippen LogP contribution in [0.1, 0.15) is 27.0 Å². The van der Waals surface area contributed by atoms with Gasteiger partial charge in [0.25, 0.3) is 5.91 Å². The number of nitrogens with zero attached hydrogens (tertiary/aromatic N) is 3. The van der Waals surface area contributed by atoms with Gasteiger partial charge in [0.1, 0.15) is 5.01 Å². The molecule has 1 amide bonds. The summed E-state index contributed by atoms with van der Waals surface area (Å²) in [6.45, 7) is 4.08. The summed E-state index contributed by atoms with van der Waals surface area (Å²) in [5.41, 5.74) is 4.74. The molecule has 1 N–H and O–H groups in total. The van der Waals surface area contributed by atoms with Crippen molar-refractivity contribution in [2.75, 3.05) is 15.9 Å². The number of rotatable bonds is 7. The molecule has 0 aliphatic carbocycles. The first-order valence-corrected chi connectivity index (χ1v) is 13.7. The summed E-state index contributed by atoms with van der Waals surface area (Å²) in [4.78, 5) is 12.7. The Labute approximate surface area is 213 Å². The van der Waals surface area contributed by atoms with E-state index in [2.05, 4.69) is 15.5 Å². The highest BCUT2D eigenvalue weighted by Gasteiger charge is 2.19. The molecule has 4 rings (SSSR count). The second kappa shape index (κ2) is 10.2. The topological polar surface area (TPSA) is 92.3 Å². The molecule has 7 nitrogen and oxygen atoms in total. The molecule has 4 aromatic rings. The molecule has 0 fully saturated rings. The highest BCUT2D eigenvalue weighted by atomic mass is 35.5. The highest BCUT2D eigenvalue weighted by Crippen LogP contribution is 2.28. The van der Waals surface area contributed by atoms with Crippen molar-refractivity contribution in [1.82, 2.24) is 10.2 Å². The van der Waals surface area contributed by atoms with Crippen LogP contribution in [0.2, 0.25) is 5.02 Å². The minimum Gasteiger partial charge on any atom is -0.296 e. The minimum absolute atomic E-state index is 0.157. The van der Waals surface area contributed by atoms with Gasteiger partial charge < -0.3 is 0 Å². The van der Waals surface area contributed by atoms with E-state index < -0.39 is 10.0 Å². The van der Waals surface area contributed by atoms with Crippen LogP contribution in [0.3, 0.4) is 0 Å². The Balaban J connectivity index is 1.46. The van der Waals surface area contributed by atoms with Gasteiger partial charge in [-0.3, -0.25) is 14.4 Å². The number of aromatic nitrogens is 2. The first-order valence-electron chi connectivity index (χ1n) is 10.6. The van der Waals surface area contributed by atoms with Crippen LogP contribution in [-0.4, -0.2) is 30.8 Å². The molecule has 180 valence electrons. The molecule has 0 radical (unpaired) electrons. The number of hydrogen-bond acceptors (Lipinski definition) is 6. The van der Waals surface area contributed by atoms with Crippen LogP contribution in [0, 0.1) is 13.8 Å². The summed E-state index contributed by atoms with van der Waals surface area (Å²) in [5, 5.41) is 12.6. The van der Waals surface area contributed by atoms with Gasteiger partial charge in [0.2, 0.25) is 15.2 Å². The summed E-state index contributed by atoms with van der Waals surface area (Å²) in [6.07, 6.45) is 1.18. The third-order valence-electron chi connectivity index (χ3n) is 5.46. The highest BCUT2D eigenvalue weighted by molar-refractivity contribution is 7.92. The molecular formula is C25H23ClN4O3S2. The van der Waals surface area contributed by atoms with E-state index in [0.29, 0.717) is 26.4 Å². The SMILES string of the molecule is Cc1ccc(N(Cc2ccc(C(=O)Nc3nnc(-c4ccc(Cl)cc4)s3)cc2)S(C)(=O)=O)cc1C. The van der Waals surface area contributed by atoms with Gasteiger partial charge in [0.05, 0.1) is 18.5 Å². The van der Waals surface area contributed by atoms with Crippen LogP contribution < -0.4 is 9.62 Å². The van der Waals surface area contributed by atoms with Gasteiger partial charge in [-0.1, -0.05) is 53.3 Å². The maximum atomic E-state index is 12.7. The molecule has 0 atom stereocenters. The van der Waals surface area contributed by atoms with Crippen LogP contribution in [-0.2, 0) is 16.6 Å². The van der Waals surface area contributed by atoms with Crippen molar-refractivity contribution < 1.29 is 13.2 Å². The number of carbonyl (C=O) groups excluding carboxylic acids is 1. The molecule has 0 saturated heterocycles. The largest absolute Gasteiger partial charge is 0.296 e. The van der Waals surface area contributed by atoms with Gasteiger partial charge >= 0.3 is 0 Å². The summed E-state index contributed by atoms with van der Waals surface area (Å²) in [6, 6.07) is 19.6. The number of carbonyl (C=O) groups is 1. The van der Waals surface area contributed by atoms with Crippen LogP contribution in [0.5, 0.6) is 0 Å². The summed E-state index contributed by atoms with van der Waals surface area (Å²) in [5.74, 6) is -0.329. The number of anilines is 2. The Kier molecular flexibility index (Phi) is 7.20. The Morgan fingerprint density at radius 1 is 0.971 bits per heavy atom. The van der Waals surface area contributed by atoms with E-state index in [0.717, 1.165) is 22.3 Å². The van der Waals surface area contributed by atoms with Gasteiger partial charge in [-0.05, 0) is 66.9 Å². The maximum absolute atomic E-state index is 12.7. The van der Waals surface area contributed by atoms with E-state index >= 15 is 0 Å². The lowest BCUT2D eigenvalue weighted by Crippen LogP contribution is -2.29. The number of sulfonamides is 1. The van der Waals surface area contributed by atoms with Crippen LogP contribution in [0.15, 0.2) is 66.7 Å². The van der Waals surface area contributed by atoms with Gasteiger partial charge in [-0.25, -0.2) is 8.42 Å². The van der Waals surface area contributed by atoms with Crippen LogP contribution >= 0.6 is 22.9 Å². The smallest absolute Gasteiger partial charge is 0.257 e. The summed E-state index contributed by atoms with van der Waals surface area (Å²) in [7, 11) is -3.50. The third-order valence-corrected chi connectivity index (χ3v) is 7.74. The Morgan fingerprint density at radius 3 is 2.29 bits per heavy atom. The standard InChI is InChI=1S/C25H23ClN4O3S2/c1-16-4-13-22(14-17(16)2)30(35(3,32)33)15-18-5-7-19(8-6-18)23(31)27-25-29-28-24(34-25)20-9-11-21(26)12-10-20/h4-14H,15H2,1-3H3,(H,27,29,31). The van der Waals surface area contributed by atoms with E-state index in [4.69, 9.17) is 11.6 Å². The van der Waals surface area contributed by atoms with Gasteiger partial charge in [0.15, 0.2) is 0 Å². The molecule has 0 aliphatic heterocycles. The first-order chi connectivity index (χ1) is 16.6. The lowest BCUT2D eigenvalue weighted by molar-refractivity contribution is 0.102. The normalized spacial score (nSPS) is 11.3. The summed E-state index contributed by atoms with van der Waals surface area (Å²) >= 11 is 7.18. The second-order valence-electron chi connectivity index (χ2n) is 8.11. The first kappa shape index (κ1) is 24.8. The predicted octanol–water partition coefficient (Wildman–Crippen LogP) is 5.69. The number of hydrogen-bond donors (Lipinski definition) is 1. The molecule has 0 spiro atoms. The van der Waals surface area contributed by atoms with Crippen LogP contribution in [0.4, 0.5) is 10.8 Å². The minimum atomic E-state index is -3.50. The van der Waals surface area contributed by atoms with E-state index in [1.165, 1.54) is 21.9 Å². The maximum Gasteiger partial charge on any atom is 0.257 e. The van der Waals surface area contributed by atoms with Crippen molar-refractivity contribution in [3.63, 3.8) is 0 Å². The van der Waals surface area contributed by atoms with E-state index in [1.807, 2.05) is 38.1 Å². The number of halogens is 1. The average Bonchev–Trinajstić information content (AvgIpc) is 3.28. The van der Waals surface area contributed by atoms with E-state index in [-0.39, 0.29) is 12.5 Å². The monoisotopic (exact) mass is 526 g/mol. The van der Waals surface area contributed by atoms with Crippen molar-refractivity contribution in [3.05, 3.63) is 94.0 Å². The Hall–Kier alpha value is -3.27. The summed E-state index contributed by atoms with van der Waals surface area (Å²) < 4.78 is 26.3. The number of benzene rings is 3. The fourth-order valence-electron chi connectivity index (χ4n) is 3.36. The lowest BCUT2D eigenvalue weighted by atomic mass is 10.1. The van der Waals surface area contributed by atoms with E-state index in [9.17, 15) is 13.2 Å². The molecule has 1 aromatic heterocycles. The van der Waals surface area contributed by atoms with Gasteiger partial charge in [-0.15, -0.1) is 10.2 Å².